The summed E-state index contributed by atoms with van der Waals surface area (Å²) in [6, 6.07) is 0. The van der Waals surface area contributed by atoms with E-state index in [4.69, 9.17) is 33.2 Å². The van der Waals surface area contributed by atoms with E-state index in [1.807, 2.05) is 20.8 Å². The molecule has 0 aromatic rings. The smallest absolute Gasteiger partial charge is 0.303 e. The molecule has 1 heterocycles. The van der Waals surface area contributed by atoms with E-state index in [-0.39, 0.29) is 24.1 Å². The van der Waals surface area contributed by atoms with E-state index in [1.165, 1.54) is 13.8 Å². The topological polar surface area (TPSA) is 150 Å². The van der Waals surface area contributed by atoms with E-state index in [1.54, 1.807) is 6.92 Å². The molecule has 1 saturated heterocycles. The minimum Gasteiger partial charge on any atom is -0.463 e. The van der Waals surface area contributed by atoms with Crippen LogP contribution in [0.15, 0.2) is 11.1 Å². The van der Waals surface area contributed by atoms with Crippen molar-refractivity contribution in [1.29, 1.82) is 0 Å². The van der Waals surface area contributed by atoms with Crippen molar-refractivity contribution < 1.29 is 57.1 Å². The van der Waals surface area contributed by atoms with E-state index in [0.717, 1.165) is 31.9 Å². The Labute approximate surface area is 240 Å². The molecule has 0 aromatic carbocycles. The van der Waals surface area contributed by atoms with Crippen molar-refractivity contribution >= 4 is 29.8 Å². The summed E-state index contributed by atoms with van der Waals surface area (Å²) in [7, 11) is 0. The molecule has 0 saturated carbocycles. The first kappa shape index (κ1) is 33.8. The zero-order valence-electron chi connectivity index (χ0n) is 25.1. The standard InChI is InChI=1S/C29H40O12/c1-15-12-22(37-18(4)31)13-29(8,9)23(15)11-10-16(2)36-28-27(40-21(7)34)26(39-20(6)33)25(38-19(5)32)24(41-28)14-35-17(3)30/h16,22,24-28H,12-14H2,1-9H3/t16-,22+,24+,25+,26-,27+,28+/m0/s1. The van der Waals surface area contributed by atoms with Gasteiger partial charge in [0.1, 0.15) is 24.9 Å². The molecule has 12 heteroatoms. The first-order chi connectivity index (χ1) is 19.0. The Balaban J connectivity index is 2.39. The number of hydrogen-bond acceptors (Lipinski definition) is 12. The largest absolute Gasteiger partial charge is 0.463 e. The van der Waals surface area contributed by atoms with Crippen LogP contribution < -0.4 is 0 Å². The molecule has 7 atom stereocenters. The van der Waals surface area contributed by atoms with Crippen LogP contribution in [0.5, 0.6) is 0 Å². The average Bonchev–Trinajstić information content (AvgIpc) is 2.79. The van der Waals surface area contributed by atoms with Gasteiger partial charge in [-0.15, -0.1) is 0 Å². The van der Waals surface area contributed by atoms with Gasteiger partial charge < -0.3 is 33.2 Å². The van der Waals surface area contributed by atoms with Crippen molar-refractivity contribution in [2.24, 2.45) is 5.41 Å². The third-order valence-corrected chi connectivity index (χ3v) is 6.39. The molecule has 228 valence electrons. The Morgan fingerprint density at radius 3 is 1.90 bits per heavy atom. The van der Waals surface area contributed by atoms with Crippen molar-refractivity contribution in [3.63, 3.8) is 0 Å². The number of esters is 5. The van der Waals surface area contributed by atoms with Crippen molar-refractivity contribution in [3.8, 4) is 11.8 Å². The minimum atomic E-state index is -1.34. The monoisotopic (exact) mass is 580 g/mol. The highest BCUT2D eigenvalue weighted by Gasteiger charge is 2.53. The second kappa shape index (κ2) is 14.5. The maximum atomic E-state index is 12.0. The molecule has 2 rings (SSSR count). The summed E-state index contributed by atoms with van der Waals surface area (Å²) in [5.74, 6) is 3.09. The fraction of sp³-hybridized carbons (Fsp3) is 0.690. The lowest BCUT2D eigenvalue weighted by molar-refractivity contribution is -0.312. The van der Waals surface area contributed by atoms with Crippen molar-refractivity contribution in [3.05, 3.63) is 11.1 Å². The van der Waals surface area contributed by atoms with Gasteiger partial charge in [-0.05, 0) is 20.3 Å². The molecule has 2 aliphatic rings. The van der Waals surface area contributed by atoms with Gasteiger partial charge in [0.2, 0.25) is 6.29 Å². The van der Waals surface area contributed by atoms with Crippen LogP contribution in [0.3, 0.4) is 0 Å². The minimum absolute atomic E-state index is 0.237. The van der Waals surface area contributed by atoms with Gasteiger partial charge >= 0.3 is 29.8 Å². The highest BCUT2D eigenvalue weighted by molar-refractivity contribution is 5.69. The lowest BCUT2D eigenvalue weighted by Crippen LogP contribution is -2.63. The summed E-state index contributed by atoms with van der Waals surface area (Å²) in [4.78, 5) is 58.9. The molecule has 1 fully saturated rings. The third-order valence-electron chi connectivity index (χ3n) is 6.39. The first-order valence-electron chi connectivity index (χ1n) is 13.3. The van der Waals surface area contributed by atoms with Gasteiger partial charge in [0.05, 0.1) is 0 Å². The van der Waals surface area contributed by atoms with Crippen molar-refractivity contribution in [2.75, 3.05) is 6.61 Å². The molecule has 0 N–H and O–H groups in total. The number of hydrogen-bond donors (Lipinski definition) is 0. The lowest BCUT2D eigenvalue weighted by Gasteiger charge is -2.44. The number of rotatable bonds is 8. The highest BCUT2D eigenvalue weighted by Crippen LogP contribution is 2.41. The number of carbonyl (C=O) groups excluding carboxylic acids is 5. The van der Waals surface area contributed by atoms with Crippen LogP contribution in [0.4, 0.5) is 0 Å². The highest BCUT2D eigenvalue weighted by atomic mass is 16.7. The summed E-state index contributed by atoms with van der Waals surface area (Å²) in [6.45, 7) is 13.3. The quantitative estimate of drug-likeness (QED) is 0.236. The summed E-state index contributed by atoms with van der Waals surface area (Å²) < 4.78 is 38.7. The van der Waals surface area contributed by atoms with Gasteiger partial charge in [0, 0.05) is 52.0 Å². The summed E-state index contributed by atoms with van der Waals surface area (Å²) in [5, 5.41) is 0. The van der Waals surface area contributed by atoms with Crippen LogP contribution in [0.1, 0.15) is 75.2 Å². The number of ether oxygens (including phenoxy) is 7. The molecular formula is C29H40O12. The Hall–Kier alpha value is -3.43. The van der Waals surface area contributed by atoms with Crippen molar-refractivity contribution in [1.82, 2.24) is 0 Å². The SMILES string of the molecule is CC(=O)OC[C@H]1O[C@@H](O[C@@H](C)C#CC2=C(C)C[C@@H](OC(C)=O)CC2(C)C)[C@H](OC(C)=O)[C@@H](OC(C)=O)[C@@H]1OC(C)=O. The van der Waals surface area contributed by atoms with E-state index < -0.39 is 60.7 Å². The molecule has 0 radical (unpaired) electrons. The van der Waals surface area contributed by atoms with Crippen LogP contribution in [0.25, 0.3) is 0 Å². The average molecular weight is 581 g/mol. The summed E-state index contributed by atoms with van der Waals surface area (Å²) in [6.07, 6.45) is -6.26. The maximum absolute atomic E-state index is 12.0. The van der Waals surface area contributed by atoms with E-state index in [0.29, 0.717) is 12.8 Å². The predicted octanol–water partition coefficient (Wildman–Crippen LogP) is 2.55. The molecule has 0 unspecified atom stereocenters. The number of carbonyl (C=O) groups is 5. The fourth-order valence-corrected chi connectivity index (χ4v) is 5.07. The first-order valence-corrected chi connectivity index (χ1v) is 13.3. The molecule has 12 nitrogen and oxygen atoms in total. The van der Waals surface area contributed by atoms with Gasteiger partial charge in [-0.1, -0.05) is 31.3 Å². The van der Waals surface area contributed by atoms with Crippen LogP contribution in [0, 0.1) is 17.3 Å². The van der Waals surface area contributed by atoms with E-state index >= 15 is 0 Å². The molecule has 0 aromatic heterocycles. The van der Waals surface area contributed by atoms with Gasteiger partial charge in [-0.3, -0.25) is 24.0 Å². The lowest BCUT2D eigenvalue weighted by atomic mass is 9.72. The normalized spacial score (nSPS) is 27.8. The molecular weight excluding hydrogens is 540 g/mol. The zero-order valence-corrected chi connectivity index (χ0v) is 25.1. The Kier molecular flexibility index (Phi) is 11.9. The van der Waals surface area contributed by atoms with Crippen LogP contribution >= 0.6 is 0 Å². The predicted molar refractivity (Wildman–Crippen MR) is 142 cm³/mol. The molecule has 1 aliphatic carbocycles. The van der Waals surface area contributed by atoms with E-state index in [2.05, 4.69) is 11.8 Å². The molecule has 0 spiro atoms. The molecule has 0 amide bonds. The second-order valence-corrected chi connectivity index (χ2v) is 10.8. The third kappa shape index (κ3) is 10.2. The van der Waals surface area contributed by atoms with Crippen LogP contribution in [-0.2, 0) is 57.1 Å². The van der Waals surface area contributed by atoms with E-state index in [9.17, 15) is 24.0 Å². The van der Waals surface area contributed by atoms with Gasteiger partial charge in [0.25, 0.3) is 0 Å². The number of allylic oxidation sites excluding steroid dienone is 1. The Morgan fingerprint density at radius 2 is 1.39 bits per heavy atom. The summed E-state index contributed by atoms with van der Waals surface area (Å²) in [5.41, 5.74) is 1.50. The van der Waals surface area contributed by atoms with Gasteiger partial charge in [0.15, 0.2) is 18.3 Å². The van der Waals surface area contributed by atoms with Crippen molar-refractivity contribution in [2.45, 2.75) is 118 Å². The molecule has 0 bridgehead atoms. The zero-order chi connectivity index (χ0) is 31.1. The van der Waals surface area contributed by atoms with Gasteiger partial charge in [-0.2, -0.15) is 0 Å². The Bertz CT molecular complexity index is 1110. The fourth-order valence-electron chi connectivity index (χ4n) is 5.07. The summed E-state index contributed by atoms with van der Waals surface area (Å²) >= 11 is 0. The van der Waals surface area contributed by atoms with Crippen LogP contribution in [0.2, 0.25) is 0 Å². The second-order valence-electron chi connectivity index (χ2n) is 10.8. The maximum Gasteiger partial charge on any atom is 0.303 e. The van der Waals surface area contributed by atoms with Crippen LogP contribution in [-0.4, -0.2) is 79.4 Å². The van der Waals surface area contributed by atoms with Gasteiger partial charge in [-0.25, -0.2) is 0 Å². The Morgan fingerprint density at radius 1 is 0.854 bits per heavy atom. The molecule has 41 heavy (non-hydrogen) atoms. The molecule has 1 aliphatic heterocycles.